The van der Waals surface area contributed by atoms with Crippen LogP contribution in [0.25, 0.3) is 99.7 Å². The van der Waals surface area contributed by atoms with Gasteiger partial charge in [-0.2, -0.15) is 0 Å². The molecule has 0 radical (unpaired) electrons. The topological polar surface area (TPSA) is 52.0 Å². The zero-order chi connectivity index (χ0) is 37.6. The van der Waals surface area contributed by atoms with Gasteiger partial charge in [-0.05, 0) is 88.6 Å². The van der Waals surface area contributed by atoms with Crippen molar-refractivity contribution in [1.82, 2.24) is 0 Å². The van der Waals surface area contributed by atoms with Crippen molar-refractivity contribution in [3.8, 4) is 44.5 Å². The number of nitrogens with two attached hydrogens (primary N) is 2. The molecule has 2 heteroatoms. The van der Waals surface area contributed by atoms with E-state index in [0.717, 1.165) is 88.6 Å². The van der Waals surface area contributed by atoms with Crippen LogP contribution in [0.5, 0.6) is 0 Å². The standard InChI is InChI=1S/C54H38N2/c55-40-32-29-35(30-33-40)31-34-49-50(45-25-9-17-36-13-1-5-21-41(36)45)52(47-27-11-19-38-15-3-7-23-43(38)47)54(56)53(48-28-12-20-39-16-4-8-24-44(39)48)51(49)46-26-10-18-37-14-2-6-22-42(37)46/h1-34H,55-56H2. The van der Waals surface area contributed by atoms with E-state index in [0.29, 0.717) is 0 Å². The van der Waals surface area contributed by atoms with Gasteiger partial charge in [-0.15, -0.1) is 0 Å². The van der Waals surface area contributed by atoms with Crippen LogP contribution >= 0.6 is 0 Å². The lowest BCUT2D eigenvalue weighted by Crippen LogP contribution is -2.05. The van der Waals surface area contributed by atoms with Gasteiger partial charge in [0.25, 0.3) is 0 Å². The second kappa shape index (κ2) is 13.8. The summed E-state index contributed by atoms with van der Waals surface area (Å²) in [7, 11) is 0. The van der Waals surface area contributed by atoms with E-state index in [1.54, 1.807) is 0 Å². The van der Waals surface area contributed by atoms with Crippen LogP contribution in [-0.2, 0) is 0 Å². The van der Waals surface area contributed by atoms with E-state index in [-0.39, 0.29) is 0 Å². The van der Waals surface area contributed by atoms with Gasteiger partial charge in [0.15, 0.2) is 0 Å². The Morgan fingerprint density at radius 1 is 0.286 bits per heavy atom. The molecule has 0 amide bonds. The molecular formula is C54H38N2. The number of anilines is 2. The van der Waals surface area contributed by atoms with Gasteiger partial charge in [-0.25, -0.2) is 0 Å². The van der Waals surface area contributed by atoms with E-state index in [1.807, 2.05) is 12.1 Å². The molecule has 0 unspecified atom stereocenters. The summed E-state index contributed by atoms with van der Waals surface area (Å²) in [4.78, 5) is 0. The predicted octanol–water partition coefficient (Wildman–Crippen LogP) is 14.3. The zero-order valence-corrected chi connectivity index (χ0v) is 30.8. The van der Waals surface area contributed by atoms with Crippen molar-refractivity contribution in [2.45, 2.75) is 0 Å². The molecule has 0 aliphatic heterocycles. The lowest BCUT2D eigenvalue weighted by Gasteiger charge is -2.27. The lowest BCUT2D eigenvalue weighted by atomic mass is 9.76. The molecule has 0 aromatic heterocycles. The van der Waals surface area contributed by atoms with Gasteiger partial charge in [0.1, 0.15) is 0 Å². The zero-order valence-electron chi connectivity index (χ0n) is 30.8. The molecule has 10 aromatic rings. The Bertz CT molecular complexity index is 2950. The molecule has 264 valence electrons. The third kappa shape index (κ3) is 5.59. The van der Waals surface area contributed by atoms with Gasteiger partial charge >= 0.3 is 0 Å². The third-order valence-corrected chi connectivity index (χ3v) is 11.2. The Labute approximate surface area is 326 Å². The first kappa shape index (κ1) is 33.2. The number of fused-ring (bicyclic) bond motifs is 4. The van der Waals surface area contributed by atoms with E-state index in [2.05, 4.69) is 194 Å². The fourth-order valence-corrected chi connectivity index (χ4v) is 8.63. The molecule has 0 heterocycles. The smallest absolute Gasteiger partial charge is 0.0486 e. The van der Waals surface area contributed by atoms with Crippen molar-refractivity contribution in [1.29, 1.82) is 0 Å². The largest absolute Gasteiger partial charge is 0.399 e. The molecule has 56 heavy (non-hydrogen) atoms. The van der Waals surface area contributed by atoms with Gasteiger partial charge in [-0.1, -0.05) is 194 Å². The fourth-order valence-electron chi connectivity index (χ4n) is 8.63. The monoisotopic (exact) mass is 714 g/mol. The van der Waals surface area contributed by atoms with Crippen molar-refractivity contribution < 1.29 is 0 Å². The first-order valence-electron chi connectivity index (χ1n) is 19.1. The highest BCUT2D eigenvalue weighted by Gasteiger charge is 2.28. The Hall–Kier alpha value is -7.42. The summed E-state index contributed by atoms with van der Waals surface area (Å²) in [5.74, 6) is 0. The highest BCUT2D eigenvalue weighted by molar-refractivity contribution is 6.20. The van der Waals surface area contributed by atoms with Gasteiger partial charge < -0.3 is 11.5 Å². The molecule has 4 N–H and O–H groups in total. The molecule has 0 atom stereocenters. The first-order valence-corrected chi connectivity index (χ1v) is 19.1. The van der Waals surface area contributed by atoms with Crippen molar-refractivity contribution in [2.75, 3.05) is 11.5 Å². The molecule has 0 saturated heterocycles. The normalized spacial score (nSPS) is 11.6. The maximum atomic E-state index is 7.95. The highest BCUT2D eigenvalue weighted by Crippen LogP contribution is 2.54. The lowest BCUT2D eigenvalue weighted by molar-refractivity contribution is 1.56. The summed E-state index contributed by atoms with van der Waals surface area (Å²) >= 11 is 0. The third-order valence-electron chi connectivity index (χ3n) is 11.2. The minimum Gasteiger partial charge on any atom is -0.399 e. The minimum absolute atomic E-state index is 0.735. The van der Waals surface area contributed by atoms with E-state index >= 15 is 0 Å². The molecule has 0 saturated carbocycles. The predicted molar refractivity (Wildman–Crippen MR) is 242 cm³/mol. The number of hydrogen-bond donors (Lipinski definition) is 2. The van der Waals surface area contributed by atoms with Gasteiger partial charge in [0, 0.05) is 33.6 Å². The van der Waals surface area contributed by atoms with Crippen LogP contribution in [0.2, 0.25) is 0 Å². The van der Waals surface area contributed by atoms with Crippen molar-refractivity contribution in [3.05, 3.63) is 205 Å². The second-order valence-corrected chi connectivity index (χ2v) is 14.4. The number of benzene rings is 10. The maximum Gasteiger partial charge on any atom is 0.0486 e. The van der Waals surface area contributed by atoms with Crippen molar-refractivity contribution >= 4 is 66.6 Å². The van der Waals surface area contributed by atoms with Crippen LogP contribution in [0.4, 0.5) is 11.4 Å². The van der Waals surface area contributed by atoms with Crippen molar-refractivity contribution in [2.24, 2.45) is 0 Å². The SMILES string of the molecule is Nc1ccc(C=Cc2c(-c3cccc4ccccc34)c(-c3cccc4ccccc34)c(N)c(-c3cccc4ccccc34)c2-c2cccc3ccccc23)cc1. The van der Waals surface area contributed by atoms with E-state index < -0.39 is 0 Å². The molecule has 0 bridgehead atoms. The Kier molecular flexibility index (Phi) is 8.16. The Morgan fingerprint density at radius 3 is 0.982 bits per heavy atom. The Balaban J connectivity index is 1.49. The second-order valence-electron chi connectivity index (χ2n) is 14.4. The van der Waals surface area contributed by atoms with Gasteiger partial charge in [0.05, 0.1) is 0 Å². The number of hydrogen-bond acceptors (Lipinski definition) is 2. The summed E-state index contributed by atoms with van der Waals surface area (Å²) in [6.45, 7) is 0. The number of nitrogen functional groups attached to an aromatic ring is 2. The van der Waals surface area contributed by atoms with Crippen molar-refractivity contribution in [3.63, 3.8) is 0 Å². The Morgan fingerprint density at radius 2 is 0.607 bits per heavy atom. The first-order chi connectivity index (χ1) is 27.6. The van der Waals surface area contributed by atoms with Gasteiger partial charge in [0.2, 0.25) is 0 Å². The summed E-state index contributed by atoms with van der Waals surface area (Å²) in [5, 5.41) is 9.31. The van der Waals surface area contributed by atoms with Crippen LogP contribution in [0, 0.1) is 0 Å². The maximum absolute atomic E-state index is 7.95. The summed E-state index contributed by atoms with van der Waals surface area (Å²) in [6, 6.07) is 69.1. The van der Waals surface area contributed by atoms with Crippen LogP contribution < -0.4 is 11.5 Å². The summed E-state index contributed by atoms with van der Waals surface area (Å²) in [6.07, 6.45) is 4.52. The molecule has 0 fully saturated rings. The molecule has 0 aliphatic carbocycles. The molecule has 0 aliphatic rings. The summed E-state index contributed by atoms with van der Waals surface area (Å²) in [5.41, 5.74) is 26.4. The average Bonchev–Trinajstić information content (AvgIpc) is 3.25. The fraction of sp³-hybridized carbons (Fsp3) is 0. The van der Waals surface area contributed by atoms with Gasteiger partial charge in [-0.3, -0.25) is 0 Å². The van der Waals surface area contributed by atoms with E-state index in [9.17, 15) is 0 Å². The molecule has 2 nitrogen and oxygen atoms in total. The van der Waals surface area contributed by atoms with E-state index in [1.165, 1.54) is 21.5 Å². The quantitative estimate of drug-likeness (QED) is 0.133. The van der Waals surface area contributed by atoms with Crippen LogP contribution in [0.1, 0.15) is 11.1 Å². The molecular weight excluding hydrogens is 677 g/mol. The molecule has 0 spiro atoms. The van der Waals surface area contributed by atoms with E-state index in [4.69, 9.17) is 11.5 Å². The molecule has 10 rings (SSSR count). The molecule has 10 aromatic carbocycles. The highest BCUT2D eigenvalue weighted by atomic mass is 14.6. The average molecular weight is 715 g/mol. The number of rotatable bonds is 6. The minimum atomic E-state index is 0.735. The van der Waals surface area contributed by atoms with Crippen LogP contribution in [-0.4, -0.2) is 0 Å². The van der Waals surface area contributed by atoms with Crippen LogP contribution in [0.3, 0.4) is 0 Å². The summed E-state index contributed by atoms with van der Waals surface area (Å²) < 4.78 is 0. The van der Waals surface area contributed by atoms with Crippen LogP contribution in [0.15, 0.2) is 194 Å².